The maximum absolute atomic E-state index is 9.26. The molecular weight excluding hydrogens is 302 g/mol. The largest absolute Gasteiger partial charge is 0.326 e. The highest BCUT2D eigenvalue weighted by molar-refractivity contribution is 7.99. The topological polar surface area (TPSA) is 41.6 Å². The molecule has 0 saturated carbocycles. The van der Waals surface area contributed by atoms with Crippen LogP contribution in [0.4, 0.5) is 0 Å². The molecule has 1 aromatic heterocycles. The minimum atomic E-state index is -0.155. The van der Waals surface area contributed by atoms with Gasteiger partial charge in [0.2, 0.25) is 0 Å². The van der Waals surface area contributed by atoms with Crippen LogP contribution < -0.4 is 0 Å². The minimum Gasteiger partial charge on any atom is -0.326 e. The van der Waals surface area contributed by atoms with Gasteiger partial charge in [0.05, 0.1) is 16.5 Å². The summed E-state index contributed by atoms with van der Waals surface area (Å²) >= 11 is 8.36. The summed E-state index contributed by atoms with van der Waals surface area (Å²) in [5.41, 5.74) is 2.44. The predicted molar refractivity (Wildman–Crippen MR) is 88.8 cm³/mol. The van der Waals surface area contributed by atoms with E-state index in [4.69, 9.17) is 11.6 Å². The van der Waals surface area contributed by atoms with Gasteiger partial charge in [-0.15, -0.1) is 11.6 Å². The van der Waals surface area contributed by atoms with Crippen LogP contribution in [0.3, 0.4) is 0 Å². The zero-order valence-electron chi connectivity index (χ0n) is 12.1. The van der Waals surface area contributed by atoms with Crippen molar-refractivity contribution in [1.82, 2.24) is 9.55 Å². The van der Waals surface area contributed by atoms with Crippen LogP contribution in [0.15, 0.2) is 18.2 Å². The molecule has 110 valence electrons. The van der Waals surface area contributed by atoms with Crippen molar-refractivity contribution < 1.29 is 0 Å². The Morgan fingerprint density at radius 2 is 2.38 bits per heavy atom. The van der Waals surface area contributed by atoms with E-state index in [2.05, 4.69) is 15.6 Å². The molecule has 0 bridgehead atoms. The molecule has 2 heterocycles. The highest BCUT2D eigenvalue weighted by Gasteiger charge is 2.21. The van der Waals surface area contributed by atoms with Crippen LogP contribution in [-0.2, 0) is 6.54 Å². The number of hydrogen-bond donors (Lipinski definition) is 0. The van der Waals surface area contributed by atoms with E-state index < -0.39 is 0 Å². The summed E-state index contributed by atoms with van der Waals surface area (Å²) in [5, 5.41) is 9.73. The fraction of sp³-hybridized carbons (Fsp3) is 0.500. The SMILES string of the molecule is CC(Cl)c1nc2c(C#N)cccc2n1CC1CCCCS1. The van der Waals surface area contributed by atoms with Gasteiger partial charge in [0.25, 0.3) is 0 Å². The van der Waals surface area contributed by atoms with Gasteiger partial charge >= 0.3 is 0 Å². The number of para-hydroxylation sites is 1. The second-order valence-corrected chi connectivity index (χ2v) is 7.53. The maximum Gasteiger partial charge on any atom is 0.127 e. The number of aromatic nitrogens is 2. The second kappa shape index (κ2) is 6.29. The molecule has 1 fully saturated rings. The van der Waals surface area contributed by atoms with Gasteiger partial charge in [-0.3, -0.25) is 0 Å². The molecule has 1 aromatic carbocycles. The Balaban J connectivity index is 2.06. The first-order valence-electron chi connectivity index (χ1n) is 7.35. The molecule has 3 nitrogen and oxygen atoms in total. The van der Waals surface area contributed by atoms with E-state index in [0.29, 0.717) is 10.8 Å². The molecule has 0 aliphatic carbocycles. The van der Waals surface area contributed by atoms with Crippen LogP contribution >= 0.6 is 23.4 Å². The van der Waals surface area contributed by atoms with Gasteiger partial charge in [0, 0.05) is 11.8 Å². The van der Waals surface area contributed by atoms with Crippen molar-refractivity contribution in [2.24, 2.45) is 0 Å². The Bertz CT molecular complexity index is 681. The first kappa shape index (κ1) is 14.7. The van der Waals surface area contributed by atoms with Crippen molar-refractivity contribution in [2.75, 3.05) is 5.75 Å². The number of benzene rings is 1. The molecular formula is C16H18ClN3S. The van der Waals surface area contributed by atoms with E-state index in [0.717, 1.165) is 23.4 Å². The van der Waals surface area contributed by atoms with Crippen molar-refractivity contribution in [3.63, 3.8) is 0 Å². The lowest BCUT2D eigenvalue weighted by Crippen LogP contribution is -2.18. The number of fused-ring (bicyclic) bond motifs is 1. The number of imidazole rings is 1. The number of thioether (sulfide) groups is 1. The average molecular weight is 320 g/mol. The molecule has 3 rings (SSSR count). The fourth-order valence-electron chi connectivity index (χ4n) is 2.91. The number of nitrogens with zero attached hydrogens (tertiary/aromatic N) is 3. The molecule has 1 aliphatic heterocycles. The van der Waals surface area contributed by atoms with E-state index in [1.54, 1.807) is 0 Å². The minimum absolute atomic E-state index is 0.155. The summed E-state index contributed by atoms with van der Waals surface area (Å²) in [4.78, 5) is 4.65. The monoisotopic (exact) mass is 319 g/mol. The first-order valence-corrected chi connectivity index (χ1v) is 8.84. The van der Waals surface area contributed by atoms with Crippen LogP contribution in [-0.4, -0.2) is 20.6 Å². The number of alkyl halides is 1. The molecule has 0 radical (unpaired) electrons. The maximum atomic E-state index is 9.26. The smallest absolute Gasteiger partial charge is 0.127 e. The Kier molecular flexibility index (Phi) is 4.42. The number of nitriles is 1. The summed E-state index contributed by atoms with van der Waals surface area (Å²) < 4.78 is 2.22. The summed E-state index contributed by atoms with van der Waals surface area (Å²) in [6, 6.07) is 8.01. The Labute approximate surface area is 134 Å². The molecule has 0 amide bonds. The Morgan fingerprint density at radius 3 is 3.05 bits per heavy atom. The molecule has 0 spiro atoms. The van der Waals surface area contributed by atoms with Crippen molar-refractivity contribution in [3.8, 4) is 6.07 Å². The van der Waals surface area contributed by atoms with E-state index >= 15 is 0 Å². The van der Waals surface area contributed by atoms with E-state index in [1.165, 1.54) is 25.0 Å². The summed E-state index contributed by atoms with van der Waals surface area (Å²) in [5.74, 6) is 2.12. The fourth-order valence-corrected chi connectivity index (χ4v) is 4.36. The van der Waals surface area contributed by atoms with Gasteiger partial charge in [0.15, 0.2) is 0 Å². The molecule has 2 unspecified atom stereocenters. The number of rotatable bonds is 3. The standard InChI is InChI=1S/C16H18ClN3S/c1-11(17)16-19-15-12(9-18)5-4-7-14(15)20(16)10-13-6-2-3-8-21-13/h4-5,7,11,13H,2-3,6,8,10H2,1H3. The summed E-state index contributed by atoms with van der Waals surface area (Å²) in [6.07, 6.45) is 3.88. The lowest BCUT2D eigenvalue weighted by Gasteiger charge is -2.23. The number of hydrogen-bond acceptors (Lipinski definition) is 3. The van der Waals surface area contributed by atoms with Gasteiger partial charge < -0.3 is 4.57 Å². The summed E-state index contributed by atoms with van der Waals surface area (Å²) in [6.45, 7) is 2.88. The Morgan fingerprint density at radius 1 is 1.52 bits per heavy atom. The molecule has 5 heteroatoms. The van der Waals surface area contributed by atoms with Gasteiger partial charge in [-0.1, -0.05) is 12.5 Å². The van der Waals surface area contributed by atoms with Gasteiger partial charge in [-0.2, -0.15) is 17.0 Å². The molecule has 2 aromatic rings. The molecule has 2 atom stereocenters. The van der Waals surface area contributed by atoms with Crippen LogP contribution in [0.5, 0.6) is 0 Å². The van der Waals surface area contributed by atoms with E-state index in [-0.39, 0.29) is 5.38 Å². The van der Waals surface area contributed by atoms with Crippen molar-refractivity contribution in [3.05, 3.63) is 29.6 Å². The molecule has 0 N–H and O–H groups in total. The highest BCUT2D eigenvalue weighted by Crippen LogP contribution is 2.31. The lowest BCUT2D eigenvalue weighted by molar-refractivity contribution is 0.575. The second-order valence-electron chi connectivity index (χ2n) is 5.47. The molecule has 1 aliphatic rings. The van der Waals surface area contributed by atoms with Gasteiger partial charge in [-0.05, 0) is 37.7 Å². The van der Waals surface area contributed by atoms with Crippen molar-refractivity contribution >= 4 is 34.4 Å². The van der Waals surface area contributed by atoms with Crippen molar-refractivity contribution in [1.29, 1.82) is 5.26 Å². The average Bonchev–Trinajstić information content (AvgIpc) is 2.87. The van der Waals surface area contributed by atoms with Crippen LogP contribution in [0, 0.1) is 11.3 Å². The third-order valence-electron chi connectivity index (χ3n) is 3.94. The van der Waals surface area contributed by atoms with Crippen LogP contribution in [0.25, 0.3) is 11.0 Å². The predicted octanol–water partition coefficient (Wildman–Crippen LogP) is 4.49. The van der Waals surface area contributed by atoms with Crippen LogP contribution in [0.1, 0.15) is 43.0 Å². The van der Waals surface area contributed by atoms with E-state index in [1.807, 2.05) is 36.9 Å². The first-order chi connectivity index (χ1) is 10.2. The number of halogens is 1. The normalized spacial score (nSPS) is 20.3. The third-order valence-corrected chi connectivity index (χ3v) is 5.52. The third kappa shape index (κ3) is 2.90. The molecule has 21 heavy (non-hydrogen) atoms. The van der Waals surface area contributed by atoms with Gasteiger partial charge in [-0.25, -0.2) is 4.98 Å². The zero-order chi connectivity index (χ0) is 14.8. The lowest BCUT2D eigenvalue weighted by atomic mass is 10.1. The van der Waals surface area contributed by atoms with Gasteiger partial charge in [0.1, 0.15) is 17.4 Å². The quantitative estimate of drug-likeness (QED) is 0.782. The van der Waals surface area contributed by atoms with Crippen LogP contribution in [0.2, 0.25) is 0 Å². The summed E-state index contributed by atoms with van der Waals surface area (Å²) in [7, 11) is 0. The van der Waals surface area contributed by atoms with Crippen molar-refractivity contribution in [2.45, 2.75) is 43.4 Å². The van der Waals surface area contributed by atoms with E-state index in [9.17, 15) is 5.26 Å². The molecule has 1 saturated heterocycles. The zero-order valence-corrected chi connectivity index (χ0v) is 13.6. The Hall–Kier alpha value is -1.18. The highest BCUT2D eigenvalue weighted by atomic mass is 35.5.